The Hall–Kier alpha value is -0.600. The van der Waals surface area contributed by atoms with Crippen molar-refractivity contribution in [1.82, 2.24) is 5.32 Å². The first-order valence-electron chi connectivity index (χ1n) is 5.37. The molecular formula is C12H15ClFN. The highest BCUT2D eigenvalue weighted by molar-refractivity contribution is 6.31. The first-order valence-corrected chi connectivity index (χ1v) is 5.75. The number of benzene rings is 1. The second kappa shape index (κ2) is 4.50. The van der Waals surface area contributed by atoms with Gasteiger partial charge in [0.15, 0.2) is 0 Å². The highest BCUT2D eigenvalue weighted by Crippen LogP contribution is 2.29. The van der Waals surface area contributed by atoms with E-state index in [1.807, 2.05) is 6.92 Å². The Labute approximate surface area is 94.6 Å². The van der Waals surface area contributed by atoms with Crippen LogP contribution in [0.2, 0.25) is 5.02 Å². The van der Waals surface area contributed by atoms with E-state index < -0.39 is 0 Å². The molecule has 0 saturated carbocycles. The molecule has 1 nitrogen and oxygen atoms in total. The van der Waals surface area contributed by atoms with Gasteiger partial charge >= 0.3 is 0 Å². The zero-order valence-electron chi connectivity index (χ0n) is 8.82. The molecule has 1 aliphatic heterocycles. The molecule has 1 fully saturated rings. The van der Waals surface area contributed by atoms with Crippen molar-refractivity contribution in [2.24, 2.45) is 0 Å². The van der Waals surface area contributed by atoms with Crippen LogP contribution >= 0.6 is 11.6 Å². The van der Waals surface area contributed by atoms with Crippen LogP contribution in [0.15, 0.2) is 12.1 Å². The summed E-state index contributed by atoms with van der Waals surface area (Å²) in [6, 6.07) is 3.42. The summed E-state index contributed by atoms with van der Waals surface area (Å²) in [5.41, 5.74) is 1.51. The van der Waals surface area contributed by atoms with Crippen molar-refractivity contribution in [1.29, 1.82) is 0 Å². The molecule has 1 aromatic carbocycles. The van der Waals surface area contributed by atoms with Gasteiger partial charge in [-0.2, -0.15) is 0 Å². The van der Waals surface area contributed by atoms with Gasteiger partial charge in [-0.15, -0.1) is 0 Å². The molecule has 1 atom stereocenters. The number of aryl methyl sites for hydroxylation is 1. The zero-order chi connectivity index (χ0) is 10.8. The molecule has 0 spiro atoms. The predicted octanol–water partition coefficient (Wildman–Crippen LogP) is 3.60. The zero-order valence-corrected chi connectivity index (χ0v) is 9.57. The highest BCUT2D eigenvalue weighted by Gasteiger charge is 2.19. The van der Waals surface area contributed by atoms with Crippen molar-refractivity contribution >= 4 is 11.6 Å². The van der Waals surface area contributed by atoms with Crippen LogP contribution in [0.25, 0.3) is 0 Å². The van der Waals surface area contributed by atoms with Gasteiger partial charge < -0.3 is 5.32 Å². The molecule has 0 aliphatic carbocycles. The molecule has 0 bridgehead atoms. The van der Waals surface area contributed by atoms with Crippen LogP contribution in [0, 0.1) is 12.7 Å². The number of halogens is 2. The van der Waals surface area contributed by atoms with Gasteiger partial charge in [-0.3, -0.25) is 0 Å². The molecule has 0 radical (unpaired) electrons. The van der Waals surface area contributed by atoms with E-state index in [0.717, 1.165) is 24.9 Å². The maximum absolute atomic E-state index is 13.7. The van der Waals surface area contributed by atoms with Gasteiger partial charge in [-0.1, -0.05) is 18.0 Å². The highest BCUT2D eigenvalue weighted by atomic mass is 35.5. The molecule has 1 aliphatic rings. The van der Waals surface area contributed by atoms with Gasteiger partial charge in [0.2, 0.25) is 0 Å². The number of piperidine rings is 1. The summed E-state index contributed by atoms with van der Waals surface area (Å²) in [6.45, 7) is 2.79. The fourth-order valence-electron chi connectivity index (χ4n) is 2.05. The molecule has 2 rings (SSSR count). The molecule has 1 heterocycles. The van der Waals surface area contributed by atoms with Crippen molar-refractivity contribution in [3.8, 4) is 0 Å². The number of hydrogen-bond donors (Lipinski definition) is 1. The lowest BCUT2D eigenvalue weighted by Gasteiger charge is -2.24. The summed E-state index contributed by atoms with van der Waals surface area (Å²) < 4.78 is 13.7. The Morgan fingerprint density at radius 1 is 1.40 bits per heavy atom. The third kappa shape index (κ3) is 2.32. The van der Waals surface area contributed by atoms with E-state index in [1.165, 1.54) is 12.5 Å². The molecule has 1 N–H and O–H groups in total. The van der Waals surface area contributed by atoms with E-state index >= 15 is 0 Å². The number of rotatable bonds is 1. The Balaban J connectivity index is 2.30. The van der Waals surface area contributed by atoms with E-state index in [-0.39, 0.29) is 11.9 Å². The van der Waals surface area contributed by atoms with Gasteiger partial charge in [0.25, 0.3) is 0 Å². The lowest BCUT2D eigenvalue weighted by atomic mass is 9.96. The predicted molar refractivity (Wildman–Crippen MR) is 60.7 cm³/mol. The van der Waals surface area contributed by atoms with Gasteiger partial charge in [0.1, 0.15) is 5.82 Å². The maximum Gasteiger partial charge on any atom is 0.128 e. The lowest BCUT2D eigenvalue weighted by Crippen LogP contribution is -2.27. The first-order chi connectivity index (χ1) is 7.18. The van der Waals surface area contributed by atoms with Crippen molar-refractivity contribution in [2.75, 3.05) is 6.54 Å². The molecule has 1 aromatic rings. The fraction of sp³-hybridized carbons (Fsp3) is 0.500. The summed E-state index contributed by atoms with van der Waals surface area (Å²) in [6.07, 6.45) is 3.33. The van der Waals surface area contributed by atoms with Crippen LogP contribution in [-0.4, -0.2) is 6.54 Å². The molecule has 1 unspecified atom stereocenters. The first kappa shape index (κ1) is 10.9. The van der Waals surface area contributed by atoms with E-state index in [4.69, 9.17) is 11.6 Å². The maximum atomic E-state index is 13.7. The van der Waals surface area contributed by atoms with Crippen LogP contribution in [0.4, 0.5) is 4.39 Å². The van der Waals surface area contributed by atoms with Gasteiger partial charge in [0.05, 0.1) is 0 Å². The number of hydrogen-bond acceptors (Lipinski definition) is 1. The summed E-state index contributed by atoms with van der Waals surface area (Å²) in [5.74, 6) is -0.142. The van der Waals surface area contributed by atoms with Crippen molar-refractivity contribution in [3.63, 3.8) is 0 Å². The minimum Gasteiger partial charge on any atom is -0.310 e. The molecular weight excluding hydrogens is 213 g/mol. The Morgan fingerprint density at radius 2 is 2.20 bits per heavy atom. The average molecular weight is 228 g/mol. The molecule has 0 amide bonds. The van der Waals surface area contributed by atoms with Crippen LogP contribution in [0.5, 0.6) is 0 Å². The van der Waals surface area contributed by atoms with Crippen molar-refractivity contribution in [2.45, 2.75) is 32.2 Å². The van der Waals surface area contributed by atoms with Crippen LogP contribution in [0.3, 0.4) is 0 Å². The normalized spacial score (nSPS) is 21.7. The minimum absolute atomic E-state index is 0.136. The summed E-state index contributed by atoms with van der Waals surface area (Å²) in [4.78, 5) is 0. The second-order valence-electron chi connectivity index (χ2n) is 4.13. The molecule has 15 heavy (non-hydrogen) atoms. The van der Waals surface area contributed by atoms with Crippen molar-refractivity contribution < 1.29 is 4.39 Å². The number of nitrogens with one attached hydrogen (secondary N) is 1. The van der Waals surface area contributed by atoms with Crippen LogP contribution < -0.4 is 5.32 Å². The molecule has 3 heteroatoms. The smallest absolute Gasteiger partial charge is 0.128 e. The third-order valence-electron chi connectivity index (χ3n) is 2.96. The lowest BCUT2D eigenvalue weighted by molar-refractivity contribution is 0.400. The molecule has 82 valence electrons. The summed E-state index contributed by atoms with van der Waals surface area (Å²) in [7, 11) is 0. The van der Waals surface area contributed by atoms with Gasteiger partial charge in [0, 0.05) is 16.6 Å². The summed E-state index contributed by atoms with van der Waals surface area (Å²) >= 11 is 6.01. The monoisotopic (exact) mass is 227 g/mol. The van der Waals surface area contributed by atoms with Crippen LogP contribution in [0.1, 0.15) is 36.4 Å². The van der Waals surface area contributed by atoms with Gasteiger partial charge in [-0.25, -0.2) is 4.39 Å². The van der Waals surface area contributed by atoms with Crippen LogP contribution in [-0.2, 0) is 0 Å². The molecule has 0 aromatic heterocycles. The largest absolute Gasteiger partial charge is 0.310 e. The van der Waals surface area contributed by atoms with E-state index in [9.17, 15) is 4.39 Å². The Kier molecular flexibility index (Phi) is 3.27. The van der Waals surface area contributed by atoms with E-state index in [1.54, 1.807) is 6.07 Å². The van der Waals surface area contributed by atoms with Gasteiger partial charge in [-0.05, 0) is 44.0 Å². The van der Waals surface area contributed by atoms with E-state index in [0.29, 0.717) is 10.6 Å². The standard InChI is InChI=1S/C12H15ClFN/c1-8-6-11(14)9(7-10(8)13)12-4-2-3-5-15-12/h6-7,12,15H,2-5H2,1H3. The average Bonchev–Trinajstić information content (AvgIpc) is 2.25. The topological polar surface area (TPSA) is 12.0 Å². The quantitative estimate of drug-likeness (QED) is 0.773. The Morgan fingerprint density at radius 3 is 2.87 bits per heavy atom. The molecule has 1 saturated heterocycles. The third-order valence-corrected chi connectivity index (χ3v) is 3.37. The Bertz CT molecular complexity index is 359. The fourth-order valence-corrected chi connectivity index (χ4v) is 2.22. The SMILES string of the molecule is Cc1cc(F)c(C2CCCCN2)cc1Cl. The van der Waals surface area contributed by atoms with E-state index in [2.05, 4.69) is 5.32 Å². The second-order valence-corrected chi connectivity index (χ2v) is 4.53. The summed E-state index contributed by atoms with van der Waals surface area (Å²) in [5, 5.41) is 3.98. The van der Waals surface area contributed by atoms with Crippen molar-refractivity contribution in [3.05, 3.63) is 34.1 Å². The minimum atomic E-state index is -0.142.